The Hall–Kier alpha value is -3.61. The van der Waals surface area contributed by atoms with Crippen LogP contribution < -0.4 is 10.5 Å². The maximum atomic E-state index is 14.0. The summed E-state index contributed by atoms with van der Waals surface area (Å²) in [6, 6.07) is 16.4. The number of fused-ring (bicyclic) bond motifs is 1. The van der Waals surface area contributed by atoms with Crippen molar-refractivity contribution in [3.8, 4) is 5.75 Å². The van der Waals surface area contributed by atoms with Gasteiger partial charge in [0.1, 0.15) is 11.5 Å². The molecule has 2 N–H and O–H groups in total. The van der Waals surface area contributed by atoms with Gasteiger partial charge in [-0.3, -0.25) is 14.6 Å². The number of aromatic nitrogens is 1. The molecular weight excluding hydrogens is 566 g/mol. The van der Waals surface area contributed by atoms with Crippen molar-refractivity contribution in [1.29, 1.82) is 0 Å². The lowest BCUT2D eigenvalue weighted by molar-refractivity contribution is -0.131. The highest BCUT2D eigenvalue weighted by Crippen LogP contribution is 2.31. The monoisotopic (exact) mass is 599 g/mol. The number of amides is 1. The molecule has 1 unspecified atom stereocenters. The summed E-state index contributed by atoms with van der Waals surface area (Å²) in [4.78, 5) is 30.0. The molecule has 0 fully saturated rings. The van der Waals surface area contributed by atoms with Gasteiger partial charge in [-0.05, 0) is 53.8 Å². The minimum absolute atomic E-state index is 0.139. The minimum atomic E-state index is -4.49. The molecule has 1 aromatic heterocycles. The van der Waals surface area contributed by atoms with Gasteiger partial charge in [0.2, 0.25) is 5.91 Å². The number of benzene rings is 2. The fourth-order valence-corrected chi connectivity index (χ4v) is 8.04. The summed E-state index contributed by atoms with van der Waals surface area (Å²) in [5.41, 5.74) is 8.26. The van der Waals surface area contributed by atoms with E-state index < -0.39 is 61.1 Å². The standard InChI is InChI=1S/C29H33N3O7S2/c1-20(16-22-6-4-3-5-7-22)28(30)32(41(37,38)25-8-9-27-24(17-25)12-15-39-27)29(34)21(2)18-40(35,36)19-26(33)23-10-13-31-14-11-23/h3-11,13-14,17,20-21,28H,12,15-16,18-19,30H2,1-2H3/t20-,21?,28-/m0/s1. The van der Waals surface area contributed by atoms with Crippen molar-refractivity contribution in [3.05, 3.63) is 89.7 Å². The van der Waals surface area contributed by atoms with Crippen LogP contribution in [-0.2, 0) is 37.5 Å². The molecule has 0 spiro atoms. The first-order chi connectivity index (χ1) is 19.4. The Morgan fingerprint density at radius 3 is 2.37 bits per heavy atom. The molecule has 3 atom stereocenters. The average molecular weight is 600 g/mol. The average Bonchev–Trinajstić information content (AvgIpc) is 3.41. The number of pyridine rings is 1. The van der Waals surface area contributed by atoms with Crippen LogP contribution in [0.25, 0.3) is 0 Å². The van der Waals surface area contributed by atoms with Gasteiger partial charge < -0.3 is 10.5 Å². The number of nitrogens with two attached hydrogens (primary N) is 1. The molecule has 0 aliphatic carbocycles. The van der Waals surface area contributed by atoms with Crippen molar-refractivity contribution in [2.24, 2.45) is 17.6 Å². The molecule has 0 radical (unpaired) electrons. The summed E-state index contributed by atoms with van der Waals surface area (Å²) < 4.78 is 59.9. The van der Waals surface area contributed by atoms with Crippen LogP contribution in [0, 0.1) is 11.8 Å². The third kappa shape index (κ3) is 7.19. The molecule has 2 aromatic carbocycles. The van der Waals surface area contributed by atoms with Crippen LogP contribution >= 0.6 is 0 Å². The SMILES string of the molecule is CC(CS(=O)(=O)CC(=O)c1ccncc1)C(=O)N([C@H](N)[C@@H](C)Cc1ccccc1)S(=O)(=O)c1ccc2c(c1)CCO2. The van der Waals surface area contributed by atoms with Crippen LogP contribution in [0.4, 0.5) is 0 Å². The Morgan fingerprint density at radius 2 is 1.68 bits per heavy atom. The Balaban J connectivity index is 1.62. The zero-order valence-corrected chi connectivity index (χ0v) is 24.5. The molecule has 41 heavy (non-hydrogen) atoms. The van der Waals surface area contributed by atoms with Crippen LogP contribution in [0.15, 0.2) is 78.0 Å². The van der Waals surface area contributed by atoms with E-state index in [9.17, 15) is 26.4 Å². The van der Waals surface area contributed by atoms with Crippen LogP contribution in [0.3, 0.4) is 0 Å². The van der Waals surface area contributed by atoms with E-state index in [-0.39, 0.29) is 10.5 Å². The maximum Gasteiger partial charge on any atom is 0.267 e. The summed E-state index contributed by atoms with van der Waals surface area (Å²) in [5.74, 6) is -4.41. The van der Waals surface area contributed by atoms with Crippen molar-refractivity contribution < 1.29 is 31.2 Å². The van der Waals surface area contributed by atoms with Gasteiger partial charge in [0.25, 0.3) is 10.0 Å². The van der Waals surface area contributed by atoms with E-state index in [1.165, 1.54) is 49.6 Å². The number of hydrogen-bond acceptors (Lipinski definition) is 9. The van der Waals surface area contributed by atoms with Crippen molar-refractivity contribution in [3.63, 3.8) is 0 Å². The van der Waals surface area contributed by atoms with Crippen molar-refractivity contribution in [1.82, 2.24) is 9.29 Å². The van der Waals surface area contributed by atoms with Crippen LogP contribution in [0.1, 0.15) is 35.3 Å². The van der Waals surface area contributed by atoms with E-state index in [1.54, 1.807) is 6.92 Å². The number of hydrogen-bond donors (Lipinski definition) is 1. The molecule has 1 aliphatic heterocycles. The Morgan fingerprint density at radius 1 is 1.00 bits per heavy atom. The zero-order chi connectivity index (χ0) is 29.8. The van der Waals surface area contributed by atoms with Crippen LogP contribution in [-0.4, -0.2) is 62.1 Å². The molecule has 0 bridgehead atoms. The molecule has 1 amide bonds. The first-order valence-electron chi connectivity index (χ1n) is 13.2. The third-order valence-corrected chi connectivity index (χ3v) is 10.5. The van der Waals surface area contributed by atoms with Gasteiger partial charge in [0.15, 0.2) is 15.6 Å². The minimum Gasteiger partial charge on any atom is -0.493 e. The molecule has 1 aliphatic rings. The molecule has 12 heteroatoms. The van der Waals surface area contributed by atoms with Crippen molar-refractivity contribution in [2.75, 3.05) is 18.1 Å². The molecule has 4 rings (SSSR count). The fraction of sp³-hybridized carbons (Fsp3) is 0.345. The summed E-state index contributed by atoms with van der Waals surface area (Å²) in [6.45, 7) is 3.48. The Kier molecular flexibility index (Phi) is 9.25. The lowest BCUT2D eigenvalue weighted by Gasteiger charge is -2.34. The predicted octanol–water partition coefficient (Wildman–Crippen LogP) is 2.63. The maximum absolute atomic E-state index is 14.0. The predicted molar refractivity (Wildman–Crippen MR) is 153 cm³/mol. The number of rotatable bonds is 12. The van der Waals surface area contributed by atoms with E-state index in [0.717, 1.165) is 5.56 Å². The summed E-state index contributed by atoms with van der Waals surface area (Å²) in [7, 11) is -8.58. The number of carbonyl (C=O) groups is 2. The number of ether oxygens (including phenoxy) is 1. The molecule has 2 heterocycles. The Bertz CT molecular complexity index is 1610. The van der Waals surface area contributed by atoms with E-state index >= 15 is 0 Å². The smallest absolute Gasteiger partial charge is 0.267 e. The largest absolute Gasteiger partial charge is 0.493 e. The van der Waals surface area contributed by atoms with E-state index in [2.05, 4.69) is 4.98 Å². The highest BCUT2D eigenvalue weighted by Gasteiger charge is 2.40. The molecule has 3 aromatic rings. The van der Waals surface area contributed by atoms with Gasteiger partial charge >= 0.3 is 0 Å². The Labute approximate surface area is 240 Å². The lowest BCUT2D eigenvalue weighted by atomic mass is 9.98. The van der Waals surface area contributed by atoms with Gasteiger partial charge in [-0.1, -0.05) is 44.2 Å². The van der Waals surface area contributed by atoms with E-state index in [1.807, 2.05) is 30.3 Å². The van der Waals surface area contributed by atoms with E-state index in [0.29, 0.717) is 35.1 Å². The van der Waals surface area contributed by atoms with Gasteiger partial charge in [0, 0.05) is 24.4 Å². The number of sulfone groups is 1. The van der Waals surface area contributed by atoms with Crippen LogP contribution in [0.5, 0.6) is 5.75 Å². The second-order valence-electron chi connectivity index (χ2n) is 10.3. The topological polar surface area (TPSA) is 154 Å². The highest BCUT2D eigenvalue weighted by atomic mass is 32.2. The lowest BCUT2D eigenvalue weighted by Crippen LogP contribution is -2.55. The summed E-state index contributed by atoms with van der Waals surface area (Å²) >= 11 is 0. The van der Waals surface area contributed by atoms with Crippen LogP contribution in [0.2, 0.25) is 0 Å². The first kappa shape index (κ1) is 30.4. The van der Waals surface area contributed by atoms with Crippen molar-refractivity contribution in [2.45, 2.75) is 37.8 Å². The number of Topliss-reactive ketones (excluding diaryl/α,β-unsaturated/α-hetero) is 1. The molecule has 0 saturated carbocycles. The molecular formula is C29H33N3O7S2. The van der Waals surface area contributed by atoms with Gasteiger partial charge in [0.05, 0.1) is 29.3 Å². The van der Waals surface area contributed by atoms with Gasteiger partial charge in [-0.2, -0.15) is 0 Å². The number of sulfonamides is 1. The van der Waals surface area contributed by atoms with Gasteiger partial charge in [-0.25, -0.2) is 21.1 Å². The third-order valence-electron chi connectivity index (χ3n) is 6.97. The molecule has 10 nitrogen and oxygen atoms in total. The molecule has 0 saturated heterocycles. The molecule has 218 valence electrons. The normalized spacial score (nSPS) is 15.3. The number of ketones is 1. The van der Waals surface area contributed by atoms with E-state index in [4.69, 9.17) is 10.5 Å². The first-order valence-corrected chi connectivity index (χ1v) is 16.4. The zero-order valence-electron chi connectivity index (χ0n) is 22.8. The quantitative estimate of drug-likeness (QED) is 0.244. The fourth-order valence-electron chi connectivity index (χ4n) is 4.75. The second-order valence-corrected chi connectivity index (χ2v) is 14.2. The second kappa shape index (κ2) is 12.5. The number of nitrogens with zero attached hydrogens (tertiary/aromatic N) is 2. The number of carbonyl (C=O) groups excluding carboxylic acids is 2. The summed E-state index contributed by atoms with van der Waals surface area (Å²) in [6.07, 6.45) is 2.35. The van der Waals surface area contributed by atoms with Gasteiger partial charge in [-0.15, -0.1) is 0 Å². The van der Waals surface area contributed by atoms with Crippen molar-refractivity contribution >= 4 is 31.6 Å². The highest BCUT2D eigenvalue weighted by molar-refractivity contribution is 7.92. The summed E-state index contributed by atoms with van der Waals surface area (Å²) in [5, 5.41) is 0.